The van der Waals surface area contributed by atoms with E-state index in [1.165, 1.54) is 6.33 Å². The summed E-state index contributed by atoms with van der Waals surface area (Å²) in [7, 11) is 0. The first-order chi connectivity index (χ1) is 6.86. The molecule has 0 fully saturated rings. The Morgan fingerprint density at radius 1 is 1.50 bits per heavy atom. The number of hydrogen-bond donors (Lipinski definition) is 0. The van der Waals surface area contributed by atoms with Crippen LogP contribution in [0.4, 0.5) is 0 Å². The van der Waals surface area contributed by atoms with E-state index in [2.05, 4.69) is 15.1 Å². The average Bonchev–Trinajstić information content (AvgIpc) is 2.66. The third-order valence-electron chi connectivity index (χ3n) is 2.49. The van der Waals surface area contributed by atoms with E-state index in [0.717, 1.165) is 36.6 Å². The smallest absolute Gasteiger partial charge is 0.255 e. The Morgan fingerprint density at radius 3 is 3.36 bits per heavy atom. The lowest BCUT2D eigenvalue weighted by atomic mass is 10.1. The van der Waals surface area contributed by atoms with Gasteiger partial charge in [-0.1, -0.05) is 0 Å². The molecule has 0 radical (unpaired) electrons. The molecule has 3 heterocycles. The predicted molar refractivity (Wildman–Crippen MR) is 49.3 cm³/mol. The molecule has 1 aliphatic rings. The van der Waals surface area contributed by atoms with Gasteiger partial charge in [-0.15, -0.1) is 0 Å². The Hall–Kier alpha value is -1.65. The van der Waals surface area contributed by atoms with Crippen molar-refractivity contribution in [2.45, 2.75) is 19.8 Å². The van der Waals surface area contributed by atoms with Crippen LogP contribution in [-0.2, 0) is 6.42 Å². The highest BCUT2D eigenvalue weighted by Crippen LogP contribution is 2.26. The maximum absolute atomic E-state index is 5.60. The van der Waals surface area contributed by atoms with E-state index in [-0.39, 0.29) is 0 Å². The summed E-state index contributed by atoms with van der Waals surface area (Å²) in [4.78, 5) is 8.41. The topological polar surface area (TPSA) is 52.3 Å². The zero-order chi connectivity index (χ0) is 9.54. The fraction of sp³-hybridized carbons (Fsp3) is 0.444. The summed E-state index contributed by atoms with van der Waals surface area (Å²) in [5, 5.41) is 4.09. The number of rotatable bonds is 0. The van der Waals surface area contributed by atoms with Gasteiger partial charge in [0.15, 0.2) is 0 Å². The molecule has 0 N–H and O–H groups in total. The van der Waals surface area contributed by atoms with Gasteiger partial charge in [0.05, 0.1) is 6.61 Å². The van der Waals surface area contributed by atoms with Crippen molar-refractivity contribution in [3.05, 3.63) is 17.6 Å². The van der Waals surface area contributed by atoms with Crippen molar-refractivity contribution < 1.29 is 4.74 Å². The summed E-state index contributed by atoms with van der Waals surface area (Å²) >= 11 is 0. The summed E-state index contributed by atoms with van der Waals surface area (Å²) in [6, 6.07) is 0. The average molecular weight is 190 g/mol. The molecular weight excluding hydrogens is 180 g/mol. The summed E-state index contributed by atoms with van der Waals surface area (Å²) in [5.41, 5.74) is 2.16. The van der Waals surface area contributed by atoms with E-state index in [4.69, 9.17) is 4.74 Å². The number of aryl methyl sites for hydroxylation is 1. The summed E-state index contributed by atoms with van der Waals surface area (Å²) in [6.07, 6.45) is 3.57. The number of fused-ring (bicyclic) bond motifs is 3. The Morgan fingerprint density at radius 2 is 2.43 bits per heavy atom. The van der Waals surface area contributed by atoms with Crippen LogP contribution >= 0.6 is 0 Å². The van der Waals surface area contributed by atoms with Gasteiger partial charge in [0.1, 0.15) is 6.33 Å². The predicted octanol–water partition coefficient (Wildman–Crippen LogP) is 0.758. The number of nitrogens with zero attached hydrogens (tertiary/aromatic N) is 4. The van der Waals surface area contributed by atoms with Crippen molar-refractivity contribution in [3.63, 3.8) is 0 Å². The lowest BCUT2D eigenvalue weighted by molar-refractivity contribution is 0.267. The summed E-state index contributed by atoms with van der Waals surface area (Å²) in [5.74, 6) is 1.43. The highest BCUT2D eigenvalue weighted by atomic mass is 16.5. The van der Waals surface area contributed by atoms with Gasteiger partial charge in [0.25, 0.3) is 5.78 Å². The first kappa shape index (κ1) is 7.73. The second kappa shape index (κ2) is 2.67. The van der Waals surface area contributed by atoms with Crippen LogP contribution in [0.15, 0.2) is 6.33 Å². The van der Waals surface area contributed by atoms with Gasteiger partial charge in [-0.2, -0.15) is 14.6 Å². The molecule has 1 aliphatic heterocycles. The van der Waals surface area contributed by atoms with E-state index < -0.39 is 0 Å². The third kappa shape index (κ3) is 0.921. The minimum atomic E-state index is 0.614. The quantitative estimate of drug-likeness (QED) is 0.615. The Labute approximate surface area is 80.7 Å². The second-order valence-corrected chi connectivity index (χ2v) is 3.40. The van der Waals surface area contributed by atoms with Crippen molar-refractivity contribution in [2.24, 2.45) is 0 Å². The van der Waals surface area contributed by atoms with Gasteiger partial charge in [-0.25, -0.2) is 4.98 Å². The van der Waals surface area contributed by atoms with Crippen LogP contribution in [-0.4, -0.2) is 26.2 Å². The first-order valence-electron chi connectivity index (χ1n) is 4.68. The van der Waals surface area contributed by atoms with Crippen molar-refractivity contribution in [1.29, 1.82) is 0 Å². The standard InChI is InChI=1S/C9H10N4O/c1-6-7-3-2-4-14-8(7)13-9(12-6)10-5-11-13/h5H,2-4H2,1H3. The monoisotopic (exact) mass is 190 g/mol. The van der Waals surface area contributed by atoms with Crippen LogP contribution in [0.2, 0.25) is 0 Å². The Bertz CT molecular complexity index is 491. The Kier molecular flexibility index (Phi) is 1.47. The van der Waals surface area contributed by atoms with Gasteiger partial charge >= 0.3 is 0 Å². The molecule has 5 nitrogen and oxygen atoms in total. The molecule has 2 aromatic rings. The van der Waals surface area contributed by atoms with Gasteiger partial charge in [-0.05, 0) is 19.8 Å². The van der Waals surface area contributed by atoms with Crippen molar-refractivity contribution >= 4 is 5.78 Å². The largest absolute Gasteiger partial charge is 0.477 e. The molecule has 0 amide bonds. The van der Waals surface area contributed by atoms with E-state index in [0.29, 0.717) is 5.78 Å². The SMILES string of the molecule is Cc1nc2ncnn2c2c1CCCO2. The molecule has 72 valence electrons. The normalized spacial score (nSPS) is 15.2. The molecule has 0 unspecified atom stereocenters. The first-order valence-corrected chi connectivity index (χ1v) is 4.68. The number of aromatic nitrogens is 4. The van der Waals surface area contributed by atoms with Crippen LogP contribution in [0.5, 0.6) is 5.88 Å². The Balaban J connectivity index is 2.39. The molecular formula is C9H10N4O. The molecule has 14 heavy (non-hydrogen) atoms. The van der Waals surface area contributed by atoms with Gasteiger partial charge in [0, 0.05) is 11.3 Å². The van der Waals surface area contributed by atoms with Gasteiger partial charge in [-0.3, -0.25) is 0 Å². The number of ether oxygens (including phenoxy) is 1. The van der Waals surface area contributed by atoms with Crippen molar-refractivity contribution in [3.8, 4) is 5.88 Å². The van der Waals surface area contributed by atoms with E-state index in [9.17, 15) is 0 Å². The molecule has 0 saturated carbocycles. The van der Waals surface area contributed by atoms with Crippen LogP contribution < -0.4 is 4.74 Å². The summed E-state index contributed by atoms with van der Waals surface area (Å²) < 4.78 is 7.26. The lowest BCUT2D eigenvalue weighted by Crippen LogP contribution is -2.15. The van der Waals surface area contributed by atoms with Crippen molar-refractivity contribution in [2.75, 3.05) is 6.61 Å². The fourth-order valence-electron chi connectivity index (χ4n) is 1.81. The maximum atomic E-state index is 5.60. The third-order valence-corrected chi connectivity index (χ3v) is 2.49. The van der Waals surface area contributed by atoms with E-state index in [1.54, 1.807) is 4.52 Å². The highest BCUT2D eigenvalue weighted by molar-refractivity contribution is 5.41. The van der Waals surface area contributed by atoms with Crippen LogP contribution in [0.25, 0.3) is 5.78 Å². The molecule has 0 aromatic carbocycles. The minimum absolute atomic E-state index is 0.614. The summed E-state index contributed by atoms with van der Waals surface area (Å²) in [6.45, 7) is 2.74. The van der Waals surface area contributed by atoms with E-state index in [1.807, 2.05) is 6.92 Å². The molecule has 0 atom stereocenters. The van der Waals surface area contributed by atoms with Crippen LogP contribution in [0.1, 0.15) is 17.7 Å². The van der Waals surface area contributed by atoms with Gasteiger partial charge in [0.2, 0.25) is 5.88 Å². The molecule has 3 rings (SSSR count). The molecule has 0 bridgehead atoms. The fourth-order valence-corrected chi connectivity index (χ4v) is 1.81. The maximum Gasteiger partial charge on any atom is 0.255 e. The second-order valence-electron chi connectivity index (χ2n) is 3.40. The van der Waals surface area contributed by atoms with Crippen LogP contribution in [0, 0.1) is 6.92 Å². The van der Waals surface area contributed by atoms with Gasteiger partial charge < -0.3 is 4.74 Å². The highest BCUT2D eigenvalue weighted by Gasteiger charge is 2.18. The van der Waals surface area contributed by atoms with Crippen LogP contribution in [0.3, 0.4) is 0 Å². The molecule has 5 heteroatoms. The molecule has 2 aromatic heterocycles. The zero-order valence-corrected chi connectivity index (χ0v) is 7.90. The number of hydrogen-bond acceptors (Lipinski definition) is 4. The molecule has 0 spiro atoms. The minimum Gasteiger partial charge on any atom is -0.477 e. The molecule has 0 aliphatic carbocycles. The van der Waals surface area contributed by atoms with E-state index >= 15 is 0 Å². The van der Waals surface area contributed by atoms with Crippen molar-refractivity contribution in [1.82, 2.24) is 19.6 Å². The molecule has 0 saturated heterocycles. The lowest BCUT2D eigenvalue weighted by Gasteiger charge is -2.18. The zero-order valence-electron chi connectivity index (χ0n) is 7.90.